The molecule has 2 amide bonds. The van der Waals surface area contributed by atoms with Gasteiger partial charge in [0, 0.05) is 31.7 Å². The molecule has 1 fully saturated rings. The molecular weight excluding hydrogens is 372 g/mol. The Kier molecular flexibility index (Phi) is 7.08. The summed E-state index contributed by atoms with van der Waals surface area (Å²) >= 11 is 0. The van der Waals surface area contributed by atoms with Crippen LogP contribution in [0.1, 0.15) is 22.3 Å². The molecule has 1 unspecified atom stereocenters. The number of hydrogen-bond acceptors (Lipinski definition) is 5. The average molecular weight is 398 g/mol. The van der Waals surface area contributed by atoms with Gasteiger partial charge < -0.3 is 24.8 Å². The van der Waals surface area contributed by atoms with E-state index in [0.717, 1.165) is 5.56 Å². The van der Waals surface area contributed by atoms with E-state index in [-0.39, 0.29) is 36.4 Å². The molecule has 2 N–H and O–H groups in total. The molecule has 29 heavy (non-hydrogen) atoms. The number of amides is 2. The molecule has 2 atom stereocenters. The largest absolute Gasteiger partial charge is 0.508 e. The van der Waals surface area contributed by atoms with Crippen molar-refractivity contribution in [1.82, 2.24) is 10.2 Å². The van der Waals surface area contributed by atoms with E-state index in [9.17, 15) is 14.7 Å². The summed E-state index contributed by atoms with van der Waals surface area (Å²) in [5, 5.41) is 12.2. The van der Waals surface area contributed by atoms with Gasteiger partial charge in [0.15, 0.2) is 0 Å². The fourth-order valence-corrected chi connectivity index (χ4v) is 3.38. The molecule has 1 aliphatic heterocycles. The number of nitrogens with one attached hydrogen (secondary N) is 1. The van der Waals surface area contributed by atoms with Crippen LogP contribution in [0.4, 0.5) is 4.79 Å². The number of carbonyl (C=O) groups is 2. The van der Waals surface area contributed by atoms with Crippen molar-refractivity contribution in [2.45, 2.75) is 19.1 Å². The summed E-state index contributed by atoms with van der Waals surface area (Å²) in [6, 6.07) is 15.7. The van der Waals surface area contributed by atoms with Crippen molar-refractivity contribution in [3.8, 4) is 5.75 Å². The quantitative estimate of drug-likeness (QED) is 0.781. The molecule has 1 saturated heterocycles. The van der Waals surface area contributed by atoms with E-state index in [1.807, 2.05) is 30.3 Å². The van der Waals surface area contributed by atoms with Crippen molar-refractivity contribution >= 4 is 12.0 Å². The number of benzene rings is 2. The van der Waals surface area contributed by atoms with Crippen molar-refractivity contribution in [3.05, 3.63) is 65.7 Å². The molecule has 0 aliphatic carbocycles. The van der Waals surface area contributed by atoms with Crippen molar-refractivity contribution in [2.75, 3.05) is 26.7 Å². The average Bonchev–Trinajstić information content (AvgIpc) is 2.76. The van der Waals surface area contributed by atoms with E-state index < -0.39 is 0 Å². The maximum Gasteiger partial charge on any atom is 0.410 e. The monoisotopic (exact) mass is 398 g/mol. The third-order valence-electron chi connectivity index (χ3n) is 5.12. The summed E-state index contributed by atoms with van der Waals surface area (Å²) in [4.78, 5) is 26.3. The lowest BCUT2D eigenvalue weighted by Crippen LogP contribution is -2.50. The number of ether oxygens (including phenoxy) is 2. The fraction of sp³-hybridized carbons (Fsp3) is 0.364. The molecule has 7 nitrogen and oxygen atoms in total. The van der Waals surface area contributed by atoms with Gasteiger partial charge in [0.2, 0.25) is 0 Å². The summed E-state index contributed by atoms with van der Waals surface area (Å²) in [7, 11) is 1.61. The standard InChI is InChI=1S/C22H26N2O5/c1-28-20-14-24(22(27)29-15-16-5-3-2-4-6-16)12-11-18(20)13-23-21(26)17-7-9-19(25)10-8-17/h2-10,18,20,25H,11-15H2,1H3,(H,23,26)/t18-,20?/m0/s1. The van der Waals surface area contributed by atoms with Gasteiger partial charge in [-0.2, -0.15) is 0 Å². The Labute approximate surface area is 170 Å². The van der Waals surface area contributed by atoms with Gasteiger partial charge in [-0.25, -0.2) is 4.79 Å². The first-order chi connectivity index (χ1) is 14.1. The molecule has 0 aromatic heterocycles. The lowest BCUT2D eigenvalue weighted by molar-refractivity contribution is -0.0122. The van der Waals surface area contributed by atoms with Gasteiger partial charge in [-0.15, -0.1) is 0 Å². The molecule has 0 spiro atoms. The third kappa shape index (κ3) is 5.71. The van der Waals surface area contributed by atoms with Crippen LogP contribution in [-0.2, 0) is 16.1 Å². The van der Waals surface area contributed by atoms with Gasteiger partial charge in [0.05, 0.1) is 12.6 Å². The van der Waals surface area contributed by atoms with Crippen LogP contribution >= 0.6 is 0 Å². The van der Waals surface area contributed by atoms with E-state index in [1.54, 1.807) is 24.1 Å². The number of phenolic OH excluding ortho intramolecular Hbond substituents is 1. The predicted molar refractivity (Wildman–Crippen MR) is 108 cm³/mol. The molecule has 0 radical (unpaired) electrons. The van der Waals surface area contributed by atoms with Crippen LogP contribution in [0.3, 0.4) is 0 Å². The van der Waals surface area contributed by atoms with E-state index in [0.29, 0.717) is 31.6 Å². The SMILES string of the molecule is COC1CN(C(=O)OCc2ccccc2)CC[C@H]1CNC(=O)c1ccc(O)cc1. The second-order valence-electron chi connectivity index (χ2n) is 7.07. The maximum absolute atomic E-state index is 12.4. The first-order valence-electron chi connectivity index (χ1n) is 9.62. The van der Waals surface area contributed by atoms with E-state index in [2.05, 4.69) is 5.32 Å². The van der Waals surface area contributed by atoms with Crippen molar-refractivity contribution in [1.29, 1.82) is 0 Å². The van der Waals surface area contributed by atoms with Crippen LogP contribution in [0, 0.1) is 5.92 Å². The number of carbonyl (C=O) groups excluding carboxylic acids is 2. The van der Waals surface area contributed by atoms with E-state index in [1.165, 1.54) is 12.1 Å². The number of piperidine rings is 1. The number of nitrogens with zero attached hydrogens (tertiary/aromatic N) is 1. The van der Waals surface area contributed by atoms with Crippen molar-refractivity contribution in [2.24, 2.45) is 5.92 Å². The Morgan fingerprint density at radius 1 is 1.14 bits per heavy atom. The highest BCUT2D eigenvalue weighted by Crippen LogP contribution is 2.21. The highest BCUT2D eigenvalue weighted by Gasteiger charge is 2.32. The lowest BCUT2D eigenvalue weighted by Gasteiger charge is -2.37. The Morgan fingerprint density at radius 3 is 2.55 bits per heavy atom. The van der Waals surface area contributed by atoms with Crippen molar-refractivity contribution in [3.63, 3.8) is 0 Å². The van der Waals surface area contributed by atoms with Crippen LogP contribution in [0.5, 0.6) is 5.75 Å². The molecular formula is C22H26N2O5. The zero-order valence-electron chi connectivity index (χ0n) is 16.4. The van der Waals surface area contributed by atoms with Crippen LogP contribution in [0.2, 0.25) is 0 Å². The Morgan fingerprint density at radius 2 is 1.86 bits per heavy atom. The van der Waals surface area contributed by atoms with Gasteiger partial charge in [-0.3, -0.25) is 4.79 Å². The predicted octanol–water partition coefficient (Wildman–Crippen LogP) is 2.80. The lowest BCUT2D eigenvalue weighted by atomic mass is 9.93. The number of rotatable bonds is 6. The van der Waals surface area contributed by atoms with Crippen LogP contribution in [0.25, 0.3) is 0 Å². The zero-order chi connectivity index (χ0) is 20.6. The normalized spacial score (nSPS) is 18.9. The van der Waals surface area contributed by atoms with Crippen LogP contribution in [-0.4, -0.2) is 54.9 Å². The molecule has 3 rings (SSSR count). The minimum Gasteiger partial charge on any atom is -0.508 e. The number of phenols is 1. The van der Waals surface area contributed by atoms with Crippen LogP contribution < -0.4 is 5.32 Å². The molecule has 7 heteroatoms. The minimum atomic E-state index is -0.359. The van der Waals surface area contributed by atoms with Gasteiger partial charge >= 0.3 is 6.09 Å². The second kappa shape index (κ2) is 9.93. The molecule has 2 aromatic carbocycles. The summed E-state index contributed by atoms with van der Waals surface area (Å²) in [6.07, 6.45) is 0.157. The minimum absolute atomic E-state index is 0.0965. The fourth-order valence-electron chi connectivity index (χ4n) is 3.38. The van der Waals surface area contributed by atoms with Crippen molar-refractivity contribution < 1.29 is 24.2 Å². The Balaban J connectivity index is 1.47. The first kappa shape index (κ1) is 20.7. The molecule has 0 bridgehead atoms. The highest BCUT2D eigenvalue weighted by atomic mass is 16.6. The third-order valence-corrected chi connectivity index (χ3v) is 5.12. The highest BCUT2D eigenvalue weighted by molar-refractivity contribution is 5.94. The Hall–Kier alpha value is -3.06. The second-order valence-corrected chi connectivity index (χ2v) is 7.07. The zero-order valence-corrected chi connectivity index (χ0v) is 16.4. The maximum atomic E-state index is 12.4. The molecule has 0 saturated carbocycles. The molecule has 2 aromatic rings. The van der Waals surface area contributed by atoms with Gasteiger partial charge in [0.1, 0.15) is 12.4 Å². The Bertz CT molecular complexity index is 810. The summed E-state index contributed by atoms with van der Waals surface area (Å²) in [5.74, 6) is 0.0105. The van der Waals surface area contributed by atoms with Gasteiger partial charge in [-0.05, 0) is 36.2 Å². The molecule has 1 aliphatic rings. The number of aromatic hydroxyl groups is 1. The smallest absolute Gasteiger partial charge is 0.410 e. The summed E-state index contributed by atoms with van der Waals surface area (Å²) in [5.41, 5.74) is 1.43. The van der Waals surface area contributed by atoms with E-state index >= 15 is 0 Å². The first-order valence-corrected chi connectivity index (χ1v) is 9.62. The molecule has 1 heterocycles. The number of methoxy groups -OCH3 is 1. The summed E-state index contributed by atoms with van der Waals surface area (Å²) < 4.78 is 11.0. The van der Waals surface area contributed by atoms with Gasteiger partial charge in [0.25, 0.3) is 5.91 Å². The number of hydrogen-bond donors (Lipinski definition) is 2. The van der Waals surface area contributed by atoms with Crippen LogP contribution in [0.15, 0.2) is 54.6 Å². The summed E-state index contributed by atoms with van der Waals surface area (Å²) in [6.45, 7) is 1.65. The molecule has 154 valence electrons. The topological polar surface area (TPSA) is 88.1 Å². The van der Waals surface area contributed by atoms with E-state index in [4.69, 9.17) is 9.47 Å². The number of likely N-dealkylation sites (tertiary alicyclic amines) is 1. The van der Waals surface area contributed by atoms with Gasteiger partial charge in [-0.1, -0.05) is 30.3 Å².